The number of phenolic OH excluding ortho intramolecular Hbond substituents is 1. The number of esters is 1. The first kappa shape index (κ1) is 19.0. The molecule has 1 unspecified atom stereocenters. The molecule has 1 aromatic carbocycles. The van der Waals surface area contributed by atoms with E-state index in [1.54, 1.807) is 26.0 Å². The summed E-state index contributed by atoms with van der Waals surface area (Å²) in [6.07, 6.45) is 5.45. The van der Waals surface area contributed by atoms with Crippen molar-refractivity contribution in [2.75, 3.05) is 0 Å². The highest BCUT2D eigenvalue weighted by atomic mass is 16.6. The molecule has 0 saturated carbocycles. The Balaban J connectivity index is 1.65. The average molecular weight is 384 g/mol. The first-order chi connectivity index (χ1) is 13.3. The molecule has 0 bridgehead atoms. The van der Waals surface area contributed by atoms with Crippen molar-refractivity contribution in [2.24, 2.45) is 10.2 Å². The van der Waals surface area contributed by atoms with E-state index in [0.29, 0.717) is 16.8 Å². The molecule has 1 aliphatic carbocycles. The lowest BCUT2D eigenvalue weighted by Crippen LogP contribution is -2.18. The van der Waals surface area contributed by atoms with Gasteiger partial charge in [0.05, 0.1) is 11.9 Å². The maximum atomic E-state index is 12.1. The second kappa shape index (κ2) is 7.82. The molecular weight excluding hydrogens is 368 g/mol. The number of oxazole rings is 1. The normalized spacial score (nSPS) is 16.2. The van der Waals surface area contributed by atoms with E-state index in [-0.39, 0.29) is 29.7 Å². The third-order valence-electron chi connectivity index (χ3n) is 3.95. The molecule has 10 heteroatoms. The largest absolute Gasteiger partial charge is 0.507 e. The van der Waals surface area contributed by atoms with E-state index < -0.39 is 16.9 Å². The Hall–Kier alpha value is -3.82. The van der Waals surface area contributed by atoms with Gasteiger partial charge in [0.15, 0.2) is 0 Å². The number of hydrogen-bond donors (Lipinski definition) is 1. The van der Waals surface area contributed by atoms with Gasteiger partial charge in [-0.2, -0.15) is 4.98 Å². The number of azo groups is 1. The van der Waals surface area contributed by atoms with Crippen molar-refractivity contribution in [3.63, 3.8) is 0 Å². The van der Waals surface area contributed by atoms with E-state index in [1.165, 1.54) is 18.2 Å². The molecule has 0 saturated heterocycles. The van der Waals surface area contributed by atoms with Gasteiger partial charge < -0.3 is 14.3 Å². The monoisotopic (exact) mass is 384 g/mol. The smallest absolute Gasteiger partial charge is 0.381 e. The van der Waals surface area contributed by atoms with Gasteiger partial charge in [0.2, 0.25) is 11.8 Å². The Morgan fingerprint density at radius 3 is 2.68 bits per heavy atom. The number of carbonyl (C=O) groups excluding carboxylic acids is 1. The number of ether oxygens (including phenoxy) is 1. The molecule has 1 atom stereocenters. The Labute approximate surface area is 159 Å². The fourth-order valence-corrected chi connectivity index (χ4v) is 2.48. The third-order valence-corrected chi connectivity index (χ3v) is 3.95. The number of hydrogen-bond acceptors (Lipinski definition) is 9. The maximum absolute atomic E-state index is 12.1. The molecule has 1 N–H and O–H groups in total. The highest BCUT2D eigenvalue weighted by molar-refractivity contribution is 5.87. The van der Waals surface area contributed by atoms with Crippen LogP contribution in [0.15, 0.2) is 57.0 Å². The minimum atomic E-state index is -0.827. The summed E-state index contributed by atoms with van der Waals surface area (Å²) in [6.45, 7) is 3.48. The molecule has 10 nitrogen and oxygen atoms in total. The lowest BCUT2D eigenvalue weighted by molar-refractivity contribution is -0.508. The number of rotatable bonds is 5. The van der Waals surface area contributed by atoms with Crippen LogP contribution < -0.4 is 0 Å². The zero-order valence-electron chi connectivity index (χ0n) is 15.0. The molecule has 0 aliphatic heterocycles. The molecule has 0 spiro atoms. The summed E-state index contributed by atoms with van der Waals surface area (Å²) in [5.74, 6) is -0.605. The summed E-state index contributed by atoms with van der Waals surface area (Å²) in [7, 11) is 0. The zero-order valence-corrected chi connectivity index (χ0v) is 15.0. The fraction of sp³-hybridized carbons (Fsp3) is 0.222. The highest BCUT2D eigenvalue weighted by Crippen LogP contribution is 2.28. The first-order valence-corrected chi connectivity index (χ1v) is 8.25. The van der Waals surface area contributed by atoms with E-state index in [0.717, 1.165) is 6.20 Å². The van der Waals surface area contributed by atoms with Crippen molar-refractivity contribution >= 4 is 17.7 Å². The van der Waals surface area contributed by atoms with Crippen molar-refractivity contribution in [1.82, 2.24) is 4.98 Å². The van der Waals surface area contributed by atoms with Crippen LogP contribution in [0.1, 0.15) is 28.1 Å². The summed E-state index contributed by atoms with van der Waals surface area (Å²) in [6, 6.07) is 2.32. The number of aryl methyl sites for hydroxylation is 2. The zero-order chi connectivity index (χ0) is 20.3. The van der Waals surface area contributed by atoms with Gasteiger partial charge >= 0.3 is 12.0 Å². The quantitative estimate of drug-likeness (QED) is 0.355. The van der Waals surface area contributed by atoms with E-state index in [2.05, 4.69) is 15.2 Å². The SMILES string of the molecule is Cc1cc(/N=N/c2ncc(C(=O)OC3=CCC([N+](=O)[O-])C=C3)o2)cc(C)c1O. The molecule has 144 valence electrons. The second-order valence-electron chi connectivity index (χ2n) is 6.08. The Morgan fingerprint density at radius 1 is 1.36 bits per heavy atom. The van der Waals surface area contributed by atoms with Gasteiger partial charge in [-0.25, -0.2) is 4.79 Å². The third kappa shape index (κ3) is 4.29. The maximum Gasteiger partial charge on any atom is 0.381 e. The number of benzene rings is 1. The van der Waals surface area contributed by atoms with Crippen molar-refractivity contribution < 1.29 is 24.0 Å². The first-order valence-electron chi connectivity index (χ1n) is 8.25. The van der Waals surface area contributed by atoms with Gasteiger partial charge in [0.1, 0.15) is 11.5 Å². The number of phenols is 1. The van der Waals surface area contributed by atoms with E-state index in [1.807, 2.05) is 0 Å². The standard InChI is InChI=1S/C18H16N4O6/c1-10-7-12(8-11(2)16(10)23)20-21-18-19-9-15(28-18)17(24)27-14-5-3-13(4-6-14)22(25)26/h3,5-9,13,23H,4H2,1-2H3/b21-20+. The molecule has 28 heavy (non-hydrogen) atoms. The van der Waals surface area contributed by atoms with Crippen molar-refractivity contribution in [3.05, 3.63) is 69.3 Å². The number of aromatic hydroxyl groups is 1. The number of nitrogens with zero attached hydrogens (tertiary/aromatic N) is 4. The predicted molar refractivity (Wildman–Crippen MR) is 96.3 cm³/mol. The molecule has 1 aliphatic rings. The molecule has 1 heterocycles. The molecule has 3 rings (SSSR count). The lowest BCUT2D eigenvalue weighted by atomic mass is 10.1. The van der Waals surface area contributed by atoms with Crippen LogP contribution >= 0.6 is 0 Å². The lowest BCUT2D eigenvalue weighted by Gasteiger charge is -2.09. The van der Waals surface area contributed by atoms with Crippen LogP contribution in [-0.4, -0.2) is 27.0 Å². The summed E-state index contributed by atoms with van der Waals surface area (Å²) in [5.41, 5.74) is 1.80. The second-order valence-corrected chi connectivity index (χ2v) is 6.08. The molecule has 2 aromatic rings. The van der Waals surface area contributed by atoms with Crippen molar-refractivity contribution in [1.29, 1.82) is 0 Å². The van der Waals surface area contributed by atoms with E-state index in [9.17, 15) is 20.0 Å². The summed E-state index contributed by atoms with van der Waals surface area (Å²) >= 11 is 0. The Kier molecular flexibility index (Phi) is 5.30. The summed E-state index contributed by atoms with van der Waals surface area (Å²) < 4.78 is 10.3. The van der Waals surface area contributed by atoms with Gasteiger partial charge in [0, 0.05) is 11.3 Å². The summed E-state index contributed by atoms with van der Waals surface area (Å²) in [4.78, 5) is 26.2. The van der Waals surface area contributed by atoms with Gasteiger partial charge in [-0.1, -0.05) is 5.11 Å². The minimum absolute atomic E-state index is 0.132. The molecule has 0 radical (unpaired) electrons. The van der Waals surface area contributed by atoms with Crippen LogP contribution in [0.25, 0.3) is 0 Å². The number of allylic oxidation sites excluding steroid dienone is 1. The fourth-order valence-electron chi connectivity index (χ4n) is 2.48. The van der Waals surface area contributed by atoms with Crippen molar-refractivity contribution in [2.45, 2.75) is 26.3 Å². The predicted octanol–water partition coefficient (Wildman–Crippen LogP) is 4.06. The van der Waals surface area contributed by atoms with Crippen LogP contribution in [0.2, 0.25) is 0 Å². The molecule has 0 amide bonds. The number of carbonyl (C=O) groups is 1. The van der Waals surface area contributed by atoms with Crippen LogP contribution in [0.4, 0.5) is 11.7 Å². The van der Waals surface area contributed by atoms with Crippen LogP contribution in [0.3, 0.4) is 0 Å². The van der Waals surface area contributed by atoms with Gasteiger partial charge in [-0.05, 0) is 55.3 Å². The number of nitro groups is 1. The number of aromatic nitrogens is 1. The highest BCUT2D eigenvalue weighted by Gasteiger charge is 2.21. The van der Waals surface area contributed by atoms with Gasteiger partial charge in [0.25, 0.3) is 0 Å². The molecule has 0 fully saturated rings. The van der Waals surface area contributed by atoms with Crippen LogP contribution in [0.5, 0.6) is 5.75 Å². The summed E-state index contributed by atoms with van der Waals surface area (Å²) in [5, 5.41) is 28.2. The Morgan fingerprint density at radius 2 is 2.07 bits per heavy atom. The van der Waals surface area contributed by atoms with E-state index in [4.69, 9.17) is 9.15 Å². The van der Waals surface area contributed by atoms with Gasteiger partial charge in [-0.15, -0.1) is 5.11 Å². The molecular formula is C18H16N4O6. The topological polar surface area (TPSA) is 140 Å². The average Bonchev–Trinajstić information content (AvgIpc) is 3.14. The van der Waals surface area contributed by atoms with E-state index >= 15 is 0 Å². The molecule has 1 aromatic heterocycles. The van der Waals surface area contributed by atoms with Crippen LogP contribution in [0, 0.1) is 24.0 Å². The van der Waals surface area contributed by atoms with Crippen molar-refractivity contribution in [3.8, 4) is 5.75 Å². The van der Waals surface area contributed by atoms with Gasteiger partial charge in [-0.3, -0.25) is 10.1 Å². The van der Waals surface area contributed by atoms with Crippen LogP contribution in [-0.2, 0) is 4.74 Å². The minimum Gasteiger partial charge on any atom is -0.507 e. The Bertz CT molecular complexity index is 998.